The molecule has 0 aromatic rings. The molecule has 0 heteroatoms. The monoisotopic (exact) mass is 180 g/mol. The molecule has 3 rings (SSSR count). The summed E-state index contributed by atoms with van der Waals surface area (Å²) in [4.78, 5) is 0. The molecule has 3 fully saturated rings. The van der Waals surface area contributed by atoms with Crippen LogP contribution in [0, 0.1) is 17.3 Å². The third-order valence-electron chi connectivity index (χ3n) is 4.69. The second-order valence-electron chi connectivity index (χ2n) is 5.68. The summed E-state index contributed by atoms with van der Waals surface area (Å²) < 4.78 is 0. The molecule has 2 bridgehead atoms. The predicted octanol–water partition coefficient (Wildman–Crippen LogP) is 4.39. The lowest BCUT2D eigenvalue weighted by molar-refractivity contribution is 0.00761. The maximum Gasteiger partial charge on any atom is -0.0295 e. The molecule has 0 aromatic carbocycles. The van der Waals surface area contributed by atoms with Gasteiger partial charge in [0.1, 0.15) is 0 Å². The normalized spacial score (nSPS) is 43.8. The molecule has 76 valence electrons. The Morgan fingerprint density at radius 3 is 2.31 bits per heavy atom. The second kappa shape index (κ2) is 3.63. The van der Waals surface area contributed by atoms with Crippen LogP contribution >= 0.6 is 0 Å². The molecule has 0 saturated heterocycles. The Morgan fingerprint density at radius 2 is 1.85 bits per heavy atom. The number of unbranched alkanes of at least 4 members (excludes halogenated alkanes) is 1. The third-order valence-corrected chi connectivity index (χ3v) is 4.69. The van der Waals surface area contributed by atoms with Gasteiger partial charge in [-0.15, -0.1) is 0 Å². The molecule has 0 radical (unpaired) electrons. The van der Waals surface area contributed by atoms with E-state index in [1.165, 1.54) is 19.3 Å². The van der Waals surface area contributed by atoms with Crippen molar-refractivity contribution in [2.24, 2.45) is 17.3 Å². The SMILES string of the molecule is CCCCC1(C)CC2CCC1CC2. The maximum absolute atomic E-state index is 2.57. The smallest absolute Gasteiger partial charge is 0.0295 e. The Labute approximate surface area is 83.1 Å². The standard InChI is InChI=1S/C13H24/c1-3-4-9-13(2)10-11-5-7-12(13)8-6-11/h11-12H,3-10H2,1-2H3. The van der Waals surface area contributed by atoms with E-state index in [0.29, 0.717) is 0 Å². The molecule has 0 aromatic heterocycles. The largest absolute Gasteiger partial charge is 0.0654 e. The molecule has 0 amide bonds. The molecule has 0 heterocycles. The van der Waals surface area contributed by atoms with Gasteiger partial charge in [0.05, 0.1) is 0 Å². The highest BCUT2D eigenvalue weighted by molar-refractivity contribution is 4.94. The maximum atomic E-state index is 2.57. The fourth-order valence-electron chi connectivity index (χ4n) is 3.78. The minimum absolute atomic E-state index is 0.747. The summed E-state index contributed by atoms with van der Waals surface area (Å²) in [5.74, 6) is 2.19. The highest BCUT2D eigenvalue weighted by Gasteiger charge is 2.43. The van der Waals surface area contributed by atoms with Crippen molar-refractivity contribution in [2.75, 3.05) is 0 Å². The van der Waals surface area contributed by atoms with Crippen LogP contribution in [0.25, 0.3) is 0 Å². The van der Waals surface area contributed by atoms with Crippen LogP contribution in [0.2, 0.25) is 0 Å². The van der Waals surface area contributed by atoms with Crippen LogP contribution in [0.4, 0.5) is 0 Å². The van der Waals surface area contributed by atoms with Gasteiger partial charge in [-0.1, -0.05) is 39.5 Å². The van der Waals surface area contributed by atoms with Gasteiger partial charge in [0.2, 0.25) is 0 Å². The fourth-order valence-corrected chi connectivity index (χ4v) is 3.78. The van der Waals surface area contributed by atoms with Gasteiger partial charge >= 0.3 is 0 Å². The molecule has 0 nitrogen and oxygen atoms in total. The lowest BCUT2D eigenvalue weighted by Gasteiger charge is -2.50. The van der Waals surface area contributed by atoms with E-state index in [2.05, 4.69) is 13.8 Å². The van der Waals surface area contributed by atoms with Crippen LogP contribution in [-0.2, 0) is 0 Å². The van der Waals surface area contributed by atoms with Crippen molar-refractivity contribution < 1.29 is 0 Å². The molecule has 13 heavy (non-hydrogen) atoms. The van der Waals surface area contributed by atoms with Crippen molar-refractivity contribution >= 4 is 0 Å². The van der Waals surface area contributed by atoms with Crippen molar-refractivity contribution in [3.8, 4) is 0 Å². The van der Waals surface area contributed by atoms with E-state index in [9.17, 15) is 0 Å². The number of hydrogen-bond acceptors (Lipinski definition) is 0. The average molecular weight is 180 g/mol. The van der Waals surface area contributed by atoms with Crippen LogP contribution in [0.15, 0.2) is 0 Å². The van der Waals surface area contributed by atoms with E-state index in [1.54, 1.807) is 32.1 Å². The summed E-state index contributed by atoms with van der Waals surface area (Å²) in [5, 5.41) is 0. The van der Waals surface area contributed by atoms with Crippen LogP contribution in [0.5, 0.6) is 0 Å². The minimum atomic E-state index is 0.747. The number of fused-ring (bicyclic) bond motifs is 3. The van der Waals surface area contributed by atoms with E-state index >= 15 is 0 Å². The van der Waals surface area contributed by atoms with Crippen LogP contribution in [0.3, 0.4) is 0 Å². The first kappa shape index (κ1) is 9.55. The van der Waals surface area contributed by atoms with E-state index in [-0.39, 0.29) is 0 Å². The summed E-state index contributed by atoms with van der Waals surface area (Å²) in [7, 11) is 0. The minimum Gasteiger partial charge on any atom is -0.0654 e. The molecular weight excluding hydrogens is 156 g/mol. The van der Waals surface area contributed by atoms with Crippen molar-refractivity contribution in [3.63, 3.8) is 0 Å². The summed E-state index contributed by atoms with van der Waals surface area (Å²) in [6.45, 7) is 4.89. The molecule has 0 spiro atoms. The Balaban J connectivity index is 1.97. The molecule has 1 atom stereocenters. The van der Waals surface area contributed by atoms with Gasteiger partial charge in [0.15, 0.2) is 0 Å². The Morgan fingerprint density at radius 1 is 1.15 bits per heavy atom. The van der Waals surface area contributed by atoms with Gasteiger partial charge in [-0.05, 0) is 42.9 Å². The lowest BCUT2D eigenvalue weighted by atomic mass is 9.55. The van der Waals surface area contributed by atoms with E-state index < -0.39 is 0 Å². The zero-order valence-electron chi connectivity index (χ0n) is 9.31. The summed E-state index contributed by atoms with van der Waals surface area (Å²) >= 11 is 0. The Bertz CT molecular complexity index is 165. The molecule has 3 saturated carbocycles. The quantitative estimate of drug-likeness (QED) is 0.604. The third kappa shape index (κ3) is 1.78. The molecule has 3 aliphatic rings. The van der Waals surface area contributed by atoms with Crippen molar-refractivity contribution in [1.82, 2.24) is 0 Å². The van der Waals surface area contributed by atoms with Gasteiger partial charge in [0.25, 0.3) is 0 Å². The molecule has 0 N–H and O–H groups in total. The second-order valence-corrected chi connectivity index (χ2v) is 5.68. The fraction of sp³-hybridized carbons (Fsp3) is 1.00. The summed E-state index contributed by atoms with van der Waals surface area (Å²) in [6.07, 6.45) is 12.1. The van der Waals surface area contributed by atoms with Crippen molar-refractivity contribution in [2.45, 2.75) is 65.2 Å². The lowest BCUT2D eigenvalue weighted by Crippen LogP contribution is -2.39. The Hall–Kier alpha value is 0. The van der Waals surface area contributed by atoms with Gasteiger partial charge in [-0.25, -0.2) is 0 Å². The first-order valence-corrected chi connectivity index (χ1v) is 6.24. The number of hydrogen-bond donors (Lipinski definition) is 0. The molecule has 3 aliphatic carbocycles. The van der Waals surface area contributed by atoms with E-state index in [0.717, 1.165) is 17.3 Å². The topological polar surface area (TPSA) is 0 Å². The highest BCUT2D eigenvalue weighted by Crippen LogP contribution is 2.54. The van der Waals surface area contributed by atoms with E-state index in [4.69, 9.17) is 0 Å². The van der Waals surface area contributed by atoms with E-state index in [1.807, 2.05) is 0 Å². The van der Waals surface area contributed by atoms with Gasteiger partial charge in [-0.2, -0.15) is 0 Å². The molecular formula is C13H24. The number of rotatable bonds is 3. The molecule has 1 unspecified atom stereocenters. The summed E-state index contributed by atoms with van der Waals surface area (Å²) in [6, 6.07) is 0. The van der Waals surface area contributed by atoms with Gasteiger partial charge in [-0.3, -0.25) is 0 Å². The zero-order valence-corrected chi connectivity index (χ0v) is 9.31. The predicted molar refractivity (Wildman–Crippen MR) is 57.7 cm³/mol. The first-order chi connectivity index (χ1) is 6.24. The highest BCUT2D eigenvalue weighted by atomic mass is 14.5. The van der Waals surface area contributed by atoms with Crippen molar-refractivity contribution in [1.29, 1.82) is 0 Å². The first-order valence-electron chi connectivity index (χ1n) is 6.24. The zero-order chi connectivity index (χ0) is 9.31. The summed E-state index contributed by atoms with van der Waals surface area (Å²) in [5.41, 5.74) is 0.747. The Kier molecular flexibility index (Phi) is 2.67. The average Bonchev–Trinajstić information content (AvgIpc) is 2.16. The van der Waals surface area contributed by atoms with Crippen LogP contribution in [-0.4, -0.2) is 0 Å². The van der Waals surface area contributed by atoms with Gasteiger partial charge in [0, 0.05) is 0 Å². The van der Waals surface area contributed by atoms with Crippen molar-refractivity contribution in [3.05, 3.63) is 0 Å². The van der Waals surface area contributed by atoms with Crippen LogP contribution < -0.4 is 0 Å². The van der Waals surface area contributed by atoms with Crippen LogP contribution in [0.1, 0.15) is 65.2 Å². The van der Waals surface area contributed by atoms with Gasteiger partial charge < -0.3 is 0 Å². The molecule has 0 aliphatic heterocycles.